The summed E-state index contributed by atoms with van der Waals surface area (Å²) in [5.74, 6) is 0. The van der Waals surface area contributed by atoms with Crippen LogP contribution in [0.4, 0.5) is 0 Å². The first-order valence-electron chi connectivity index (χ1n) is 15.9. The van der Waals surface area contributed by atoms with Crippen molar-refractivity contribution in [3.8, 4) is 56.6 Å². The van der Waals surface area contributed by atoms with Crippen LogP contribution in [0.5, 0.6) is 0 Å². The summed E-state index contributed by atoms with van der Waals surface area (Å²) in [6.45, 7) is 0. The molecule has 9 aromatic rings. The molecule has 0 aliphatic heterocycles. The summed E-state index contributed by atoms with van der Waals surface area (Å²) in [4.78, 5) is 8.36. The number of hydrogen-bond acceptors (Lipinski definition) is 5. The topological polar surface area (TPSA) is 86.5 Å². The van der Waals surface area contributed by atoms with E-state index in [2.05, 4.69) is 113 Å². The van der Waals surface area contributed by atoms with Gasteiger partial charge in [0.05, 0.1) is 0 Å². The molecule has 5 heteroatoms. The van der Waals surface area contributed by atoms with Gasteiger partial charge in [-0.3, -0.25) is 0 Å². The Bertz CT molecular complexity index is 2870. The van der Waals surface area contributed by atoms with Gasteiger partial charge in [-0.1, -0.05) is 78.9 Å². The highest BCUT2D eigenvalue weighted by molar-refractivity contribution is 6.25. The molecule has 5 nitrogen and oxygen atoms in total. The number of aromatic nitrogens is 2. The average Bonchev–Trinajstić information content (AvgIpc) is 3.53. The van der Waals surface area contributed by atoms with E-state index < -0.39 is 0 Å². The maximum Gasteiger partial charge on any atom is 0.141 e. The predicted octanol–water partition coefficient (Wildman–Crippen LogP) is 11.1. The van der Waals surface area contributed by atoms with Crippen molar-refractivity contribution >= 4 is 43.5 Å². The predicted molar refractivity (Wildman–Crippen MR) is 195 cm³/mol. The van der Waals surface area contributed by atoms with Gasteiger partial charge in [-0.2, -0.15) is 10.5 Å². The molecular formula is C44H24N4O. The van der Waals surface area contributed by atoms with Crippen LogP contribution in [0.15, 0.2) is 150 Å². The summed E-state index contributed by atoms with van der Waals surface area (Å²) < 4.78 is 6.46. The van der Waals surface area contributed by atoms with Gasteiger partial charge >= 0.3 is 0 Å². The fourth-order valence-corrected chi connectivity index (χ4v) is 7.07. The van der Waals surface area contributed by atoms with Crippen molar-refractivity contribution in [2.75, 3.05) is 0 Å². The van der Waals surface area contributed by atoms with Crippen molar-refractivity contribution in [1.82, 2.24) is 9.97 Å². The molecule has 0 aliphatic rings. The molecule has 0 N–H and O–H groups in total. The Morgan fingerprint density at radius 1 is 0.388 bits per heavy atom. The normalized spacial score (nSPS) is 11.2. The summed E-state index contributed by atoms with van der Waals surface area (Å²) in [5.41, 5.74) is 10.7. The molecule has 0 saturated heterocycles. The Morgan fingerprint density at radius 2 is 0.878 bits per heavy atom. The van der Waals surface area contributed by atoms with E-state index in [0.717, 1.165) is 88.0 Å². The van der Waals surface area contributed by atoms with Crippen LogP contribution in [0, 0.1) is 22.7 Å². The van der Waals surface area contributed by atoms with E-state index in [9.17, 15) is 10.5 Å². The van der Waals surface area contributed by atoms with Crippen molar-refractivity contribution in [2.45, 2.75) is 0 Å². The van der Waals surface area contributed by atoms with E-state index in [1.165, 1.54) is 0 Å². The van der Waals surface area contributed by atoms with Crippen LogP contribution in [0.3, 0.4) is 0 Å². The molecule has 0 saturated carbocycles. The lowest BCUT2D eigenvalue weighted by Crippen LogP contribution is -1.92. The van der Waals surface area contributed by atoms with Crippen LogP contribution >= 0.6 is 0 Å². The van der Waals surface area contributed by atoms with Gasteiger partial charge < -0.3 is 4.42 Å². The zero-order chi connectivity index (χ0) is 32.9. The minimum atomic E-state index is 0.383. The minimum Gasteiger partial charge on any atom is -0.456 e. The lowest BCUT2D eigenvalue weighted by atomic mass is 9.84. The molecule has 49 heavy (non-hydrogen) atoms. The largest absolute Gasteiger partial charge is 0.456 e. The Kier molecular flexibility index (Phi) is 6.50. The van der Waals surface area contributed by atoms with Gasteiger partial charge in [0.1, 0.15) is 34.7 Å². The van der Waals surface area contributed by atoms with Crippen molar-refractivity contribution in [3.05, 3.63) is 157 Å². The third-order valence-electron chi connectivity index (χ3n) is 9.24. The van der Waals surface area contributed by atoms with E-state index in [-0.39, 0.29) is 0 Å². The summed E-state index contributed by atoms with van der Waals surface area (Å²) in [6.07, 6.45) is 3.36. The number of para-hydroxylation sites is 1. The van der Waals surface area contributed by atoms with Crippen molar-refractivity contribution in [2.24, 2.45) is 0 Å². The first kappa shape index (κ1) is 28.2. The molecule has 0 aliphatic carbocycles. The van der Waals surface area contributed by atoms with E-state index >= 15 is 0 Å². The third-order valence-corrected chi connectivity index (χ3v) is 9.24. The fourth-order valence-electron chi connectivity index (χ4n) is 7.07. The number of hydrogen-bond donors (Lipinski definition) is 0. The van der Waals surface area contributed by atoms with Crippen LogP contribution in [0.1, 0.15) is 11.4 Å². The number of benzene rings is 6. The number of nitriles is 2. The van der Waals surface area contributed by atoms with E-state index in [0.29, 0.717) is 11.4 Å². The smallest absolute Gasteiger partial charge is 0.141 e. The molecule has 3 heterocycles. The number of nitrogens with zero attached hydrogens (tertiary/aromatic N) is 4. The van der Waals surface area contributed by atoms with Gasteiger partial charge in [0.15, 0.2) is 0 Å². The quantitative estimate of drug-likeness (QED) is 0.182. The number of furan rings is 1. The molecule has 0 radical (unpaired) electrons. The Hall–Kier alpha value is -7.08. The Labute approximate surface area is 281 Å². The summed E-state index contributed by atoms with van der Waals surface area (Å²) in [6, 6.07) is 50.0. The zero-order valence-electron chi connectivity index (χ0n) is 26.1. The highest BCUT2D eigenvalue weighted by atomic mass is 16.3. The second-order valence-electron chi connectivity index (χ2n) is 12.0. The first-order chi connectivity index (χ1) is 24.2. The number of fused-ring (bicyclic) bond motifs is 5. The van der Waals surface area contributed by atoms with Gasteiger partial charge in [0.2, 0.25) is 0 Å². The lowest BCUT2D eigenvalue weighted by molar-refractivity contribution is 0.669. The van der Waals surface area contributed by atoms with Crippen molar-refractivity contribution in [1.29, 1.82) is 10.5 Å². The van der Waals surface area contributed by atoms with Crippen molar-refractivity contribution < 1.29 is 4.42 Å². The summed E-state index contributed by atoms with van der Waals surface area (Å²) in [7, 11) is 0. The molecule has 6 aromatic carbocycles. The fraction of sp³-hybridized carbons (Fsp3) is 0. The van der Waals surface area contributed by atoms with Crippen LogP contribution in [-0.2, 0) is 0 Å². The maximum absolute atomic E-state index is 9.51. The number of pyridine rings is 2. The van der Waals surface area contributed by atoms with E-state index in [1.807, 2.05) is 42.5 Å². The lowest BCUT2D eigenvalue weighted by Gasteiger charge is -2.19. The SMILES string of the molecule is N#Cc1cc(-c2cccc(-c3c4ccccc4c(-c4cccc(-c5ccnc(C#N)c5)c4)c4cc5c(cc34)oc3ccccc35)c2)ccn1. The summed E-state index contributed by atoms with van der Waals surface area (Å²) >= 11 is 0. The maximum atomic E-state index is 9.51. The standard InChI is InChI=1S/C44H24N4O/c45-25-33-21-29(15-17-47-33)27-7-5-9-31(19-27)43-36-12-1-2-13-37(36)44(32-10-6-8-28(20-32)30-16-18-48-34(22-30)26-46)40-24-42-38(23-39(40)43)35-11-3-4-14-41(35)49-42/h1-24H. The van der Waals surface area contributed by atoms with Crippen LogP contribution < -0.4 is 0 Å². The van der Waals surface area contributed by atoms with Gasteiger partial charge in [0.25, 0.3) is 0 Å². The van der Waals surface area contributed by atoms with Gasteiger partial charge in [-0.25, -0.2) is 9.97 Å². The molecule has 0 fully saturated rings. The second kappa shape index (κ2) is 11.3. The van der Waals surface area contributed by atoms with Crippen molar-refractivity contribution in [3.63, 3.8) is 0 Å². The monoisotopic (exact) mass is 624 g/mol. The molecule has 0 atom stereocenters. The third kappa shape index (κ3) is 4.69. The second-order valence-corrected chi connectivity index (χ2v) is 12.0. The molecule has 226 valence electrons. The van der Waals surface area contributed by atoms with Gasteiger partial charge in [-0.15, -0.1) is 0 Å². The average molecular weight is 625 g/mol. The van der Waals surface area contributed by atoms with E-state index in [4.69, 9.17) is 4.42 Å². The van der Waals surface area contributed by atoms with Crippen LogP contribution in [0.25, 0.3) is 88.0 Å². The molecular weight excluding hydrogens is 601 g/mol. The highest BCUT2D eigenvalue weighted by Gasteiger charge is 2.20. The molecule has 0 bridgehead atoms. The van der Waals surface area contributed by atoms with Gasteiger partial charge in [0, 0.05) is 23.2 Å². The molecule has 9 rings (SSSR count). The molecule has 0 spiro atoms. The molecule has 3 aromatic heterocycles. The van der Waals surface area contributed by atoms with Gasteiger partial charge in [-0.05, 0) is 121 Å². The molecule has 0 amide bonds. The minimum absolute atomic E-state index is 0.383. The summed E-state index contributed by atoms with van der Waals surface area (Å²) in [5, 5.41) is 25.6. The van der Waals surface area contributed by atoms with E-state index in [1.54, 1.807) is 12.4 Å². The highest BCUT2D eigenvalue weighted by Crippen LogP contribution is 2.47. The zero-order valence-corrected chi connectivity index (χ0v) is 26.1. The number of rotatable bonds is 4. The van der Waals surface area contributed by atoms with Crippen LogP contribution in [-0.4, -0.2) is 9.97 Å². The Balaban J connectivity index is 1.38. The molecule has 0 unspecified atom stereocenters. The first-order valence-corrected chi connectivity index (χ1v) is 15.9. The van der Waals surface area contributed by atoms with Crippen LogP contribution in [0.2, 0.25) is 0 Å². The Morgan fingerprint density at radius 3 is 1.45 bits per heavy atom.